The van der Waals surface area contributed by atoms with E-state index in [9.17, 15) is 4.79 Å². The van der Waals surface area contributed by atoms with Crippen LogP contribution in [0.25, 0.3) is 0 Å². The lowest BCUT2D eigenvalue weighted by atomic mass is 9.81. The molecule has 0 bridgehead atoms. The van der Waals surface area contributed by atoms with Crippen LogP contribution in [-0.2, 0) is 9.53 Å². The molecule has 2 N–H and O–H groups in total. The van der Waals surface area contributed by atoms with E-state index in [0.717, 1.165) is 11.3 Å². The van der Waals surface area contributed by atoms with Crippen molar-refractivity contribution in [3.05, 3.63) is 29.8 Å². The highest BCUT2D eigenvalue weighted by Gasteiger charge is 2.36. The Labute approximate surface area is 114 Å². The Hall–Kier alpha value is -1.26. The Morgan fingerprint density at radius 2 is 1.94 bits per heavy atom. The van der Waals surface area contributed by atoms with E-state index in [2.05, 4.69) is 0 Å². The summed E-state index contributed by atoms with van der Waals surface area (Å²) in [5.74, 6) is 0.395. The summed E-state index contributed by atoms with van der Waals surface area (Å²) in [6, 6.07) is 6.95. The summed E-state index contributed by atoms with van der Waals surface area (Å²) in [7, 11) is 2.96. The monoisotopic (exact) mass is 273 g/mol. The number of rotatable bonds is 4. The molecule has 1 atom stereocenters. The van der Waals surface area contributed by atoms with Crippen LogP contribution >= 0.6 is 12.4 Å². The molecule has 0 aliphatic carbocycles. The number of benzene rings is 1. The molecule has 1 aromatic carbocycles. The zero-order valence-electron chi connectivity index (χ0n) is 11.1. The first-order valence-electron chi connectivity index (χ1n) is 5.41. The number of methoxy groups -OCH3 is 2. The molecule has 18 heavy (non-hydrogen) atoms. The van der Waals surface area contributed by atoms with Crippen molar-refractivity contribution >= 4 is 18.4 Å². The minimum absolute atomic E-state index is 0. The number of hydrogen-bond donors (Lipinski definition) is 1. The molecule has 5 heteroatoms. The lowest BCUT2D eigenvalue weighted by Gasteiger charge is -2.29. The molecule has 102 valence electrons. The molecule has 1 rings (SSSR count). The average Bonchev–Trinajstić information content (AvgIpc) is 2.36. The standard InChI is InChI=1S/C13H19NO3.ClH/c1-13(2,12(15)17-4)11(14)9-6-5-7-10(8-9)16-3;/h5-8,11H,14H2,1-4H3;1H/t11-;/m1./s1. The van der Waals surface area contributed by atoms with Crippen molar-refractivity contribution < 1.29 is 14.3 Å². The van der Waals surface area contributed by atoms with E-state index in [1.54, 1.807) is 21.0 Å². The molecule has 4 nitrogen and oxygen atoms in total. The van der Waals surface area contributed by atoms with Gasteiger partial charge in [0.2, 0.25) is 0 Å². The third kappa shape index (κ3) is 3.37. The third-order valence-corrected chi connectivity index (χ3v) is 2.94. The Morgan fingerprint density at radius 1 is 1.33 bits per heavy atom. The summed E-state index contributed by atoms with van der Waals surface area (Å²) in [4.78, 5) is 11.7. The minimum Gasteiger partial charge on any atom is -0.497 e. The summed E-state index contributed by atoms with van der Waals surface area (Å²) >= 11 is 0. The van der Waals surface area contributed by atoms with Crippen LogP contribution in [0.2, 0.25) is 0 Å². The first-order valence-corrected chi connectivity index (χ1v) is 5.41. The quantitative estimate of drug-likeness (QED) is 0.855. The molecule has 0 amide bonds. The lowest BCUT2D eigenvalue weighted by molar-refractivity contribution is -0.152. The molecule has 0 heterocycles. The van der Waals surface area contributed by atoms with Gasteiger partial charge in [-0.1, -0.05) is 12.1 Å². The van der Waals surface area contributed by atoms with Crippen LogP contribution < -0.4 is 10.5 Å². The molecule has 0 unspecified atom stereocenters. The minimum atomic E-state index is -0.777. The van der Waals surface area contributed by atoms with Gasteiger partial charge in [-0.2, -0.15) is 0 Å². The van der Waals surface area contributed by atoms with Crippen LogP contribution in [0, 0.1) is 5.41 Å². The van der Waals surface area contributed by atoms with Crippen molar-refractivity contribution in [3.63, 3.8) is 0 Å². The zero-order valence-corrected chi connectivity index (χ0v) is 11.9. The summed E-state index contributed by atoms with van der Waals surface area (Å²) < 4.78 is 9.90. The van der Waals surface area contributed by atoms with Crippen molar-refractivity contribution in [3.8, 4) is 5.75 Å². The topological polar surface area (TPSA) is 61.5 Å². The maximum Gasteiger partial charge on any atom is 0.313 e. The average molecular weight is 274 g/mol. The van der Waals surface area contributed by atoms with Gasteiger partial charge in [-0.15, -0.1) is 12.4 Å². The number of carbonyl (C=O) groups excluding carboxylic acids is 1. The molecule has 0 fully saturated rings. The first-order chi connectivity index (χ1) is 7.93. The highest BCUT2D eigenvalue weighted by molar-refractivity contribution is 5.85. The van der Waals surface area contributed by atoms with Gasteiger partial charge in [-0.25, -0.2) is 0 Å². The second kappa shape index (κ2) is 6.61. The van der Waals surface area contributed by atoms with Gasteiger partial charge in [-0.3, -0.25) is 4.79 Å². The molecular weight excluding hydrogens is 254 g/mol. The molecule has 0 aliphatic heterocycles. The summed E-state index contributed by atoms with van der Waals surface area (Å²) in [5, 5.41) is 0. The van der Waals surface area contributed by atoms with Crippen molar-refractivity contribution in [2.24, 2.45) is 11.1 Å². The number of hydrogen-bond acceptors (Lipinski definition) is 4. The van der Waals surface area contributed by atoms with Gasteiger partial charge in [-0.05, 0) is 31.5 Å². The highest BCUT2D eigenvalue weighted by Crippen LogP contribution is 2.33. The first kappa shape index (κ1) is 16.7. The fourth-order valence-electron chi connectivity index (χ4n) is 1.64. The second-order valence-electron chi connectivity index (χ2n) is 4.47. The van der Waals surface area contributed by atoms with Crippen molar-refractivity contribution in [1.29, 1.82) is 0 Å². The van der Waals surface area contributed by atoms with Gasteiger partial charge in [0.15, 0.2) is 0 Å². The van der Waals surface area contributed by atoms with E-state index in [4.69, 9.17) is 15.2 Å². The van der Waals surface area contributed by atoms with Crippen LogP contribution in [0.3, 0.4) is 0 Å². The van der Waals surface area contributed by atoms with Crippen molar-refractivity contribution in [1.82, 2.24) is 0 Å². The van der Waals surface area contributed by atoms with E-state index in [0.29, 0.717) is 0 Å². The van der Waals surface area contributed by atoms with Gasteiger partial charge in [0.05, 0.1) is 19.6 Å². The molecule has 0 saturated heterocycles. The van der Waals surface area contributed by atoms with Gasteiger partial charge in [0.1, 0.15) is 5.75 Å². The normalized spacial score (nSPS) is 12.3. The fraction of sp³-hybridized carbons (Fsp3) is 0.462. The Balaban J connectivity index is 0.00000289. The van der Waals surface area contributed by atoms with E-state index in [1.165, 1.54) is 7.11 Å². The number of esters is 1. The van der Waals surface area contributed by atoms with Gasteiger partial charge in [0, 0.05) is 6.04 Å². The Kier molecular flexibility index (Phi) is 6.15. The molecule has 0 spiro atoms. The summed E-state index contributed by atoms with van der Waals surface area (Å²) in [5.41, 5.74) is 6.19. The predicted molar refractivity (Wildman–Crippen MR) is 73.0 cm³/mol. The van der Waals surface area contributed by atoms with Crippen LogP contribution in [0.1, 0.15) is 25.5 Å². The molecule has 0 saturated carbocycles. The smallest absolute Gasteiger partial charge is 0.313 e. The molecule has 0 aliphatic rings. The lowest BCUT2D eigenvalue weighted by Crippen LogP contribution is -2.37. The van der Waals surface area contributed by atoms with Crippen LogP contribution in [0.4, 0.5) is 0 Å². The highest BCUT2D eigenvalue weighted by atomic mass is 35.5. The number of carbonyl (C=O) groups is 1. The van der Waals surface area contributed by atoms with E-state index >= 15 is 0 Å². The van der Waals surface area contributed by atoms with Crippen LogP contribution in [0.5, 0.6) is 5.75 Å². The van der Waals surface area contributed by atoms with Crippen LogP contribution in [0.15, 0.2) is 24.3 Å². The number of ether oxygens (including phenoxy) is 2. The van der Waals surface area contributed by atoms with Gasteiger partial charge in [0.25, 0.3) is 0 Å². The van der Waals surface area contributed by atoms with E-state index in [-0.39, 0.29) is 18.4 Å². The Bertz CT molecular complexity index is 407. The fourth-order valence-corrected chi connectivity index (χ4v) is 1.64. The zero-order chi connectivity index (χ0) is 13.1. The summed E-state index contributed by atoms with van der Waals surface area (Å²) in [6.07, 6.45) is 0. The third-order valence-electron chi connectivity index (χ3n) is 2.94. The van der Waals surface area contributed by atoms with E-state index in [1.807, 2.05) is 24.3 Å². The summed E-state index contributed by atoms with van der Waals surface area (Å²) in [6.45, 7) is 3.53. The van der Waals surface area contributed by atoms with Crippen molar-refractivity contribution in [2.45, 2.75) is 19.9 Å². The molecule has 0 radical (unpaired) electrons. The SMILES string of the molecule is COC(=O)C(C)(C)[C@H](N)c1cccc(OC)c1.Cl. The van der Waals surface area contributed by atoms with Gasteiger partial charge >= 0.3 is 5.97 Å². The van der Waals surface area contributed by atoms with Crippen LogP contribution in [-0.4, -0.2) is 20.2 Å². The number of nitrogens with two attached hydrogens (primary N) is 1. The van der Waals surface area contributed by atoms with Crippen molar-refractivity contribution in [2.75, 3.05) is 14.2 Å². The largest absolute Gasteiger partial charge is 0.497 e. The molecular formula is C13H20ClNO3. The predicted octanol–water partition coefficient (Wildman–Crippen LogP) is 2.32. The maximum atomic E-state index is 11.7. The molecule has 0 aromatic heterocycles. The van der Waals surface area contributed by atoms with E-state index < -0.39 is 11.5 Å². The number of halogens is 1. The molecule has 1 aromatic rings. The maximum absolute atomic E-state index is 11.7. The second-order valence-corrected chi connectivity index (χ2v) is 4.47. The Morgan fingerprint density at radius 3 is 2.44 bits per heavy atom. The van der Waals surface area contributed by atoms with Gasteiger partial charge < -0.3 is 15.2 Å².